The highest BCUT2D eigenvalue weighted by molar-refractivity contribution is 7.90. The normalized spacial score (nSPS) is 18.4. The number of sulfonamides is 1. The molecule has 0 aromatic heterocycles. The summed E-state index contributed by atoms with van der Waals surface area (Å²) in [5.74, 6) is -3.34. The molecule has 0 bridgehead atoms. The summed E-state index contributed by atoms with van der Waals surface area (Å²) in [5.41, 5.74) is 0. The van der Waals surface area contributed by atoms with Crippen molar-refractivity contribution in [1.29, 1.82) is 0 Å². The smallest absolute Gasteiger partial charge is 0.271 e. The number of nitrogens with one attached hydrogen (secondary N) is 1. The summed E-state index contributed by atoms with van der Waals surface area (Å²) < 4.78 is 61.8. The first kappa shape index (κ1) is 17.6. The Kier molecular flexibility index (Phi) is 5.89. The Labute approximate surface area is 132 Å². The zero-order valence-electron chi connectivity index (χ0n) is 12.3. The van der Waals surface area contributed by atoms with E-state index >= 15 is 0 Å². The maximum absolute atomic E-state index is 13.3. The zero-order valence-corrected chi connectivity index (χ0v) is 13.1. The van der Waals surface area contributed by atoms with E-state index in [2.05, 4.69) is 0 Å². The largest absolute Gasteiger partial charge is 0.481 e. The molecule has 1 aliphatic heterocycles. The maximum atomic E-state index is 13.3. The minimum absolute atomic E-state index is 0.326. The fourth-order valence-electron chi connectivity index (χ4n) is 2.16. The van der Waals surface area contributed by atoms with E-state index in [1.807, 2.05) is 4.72 Å². The summed E-state index contributed by atoms with van der Waals surface area (Å²) in [6.45, 7) is -0.249. The Balaban J connectivity index is 1.84. The van der Waals surface area contributed by atoms with E-state index in [1.165, 1.54) is 0 Å². The van der Waals surface area contributed by atoms with Crippen molar-refractivity contribution in [3.8, 4) is 5.75 Å². The Morgan fingerprint density at radius 1 is 1.35 bits per heavy atom. The first-order valence-electron chi connectivity index (χ1n) is 7.08. The topological polar surface area (TPSA) is 81.7 Å². The second kappa shape index (κ2) is 7.69. The molecule has 128 valence electrons. The van der Waals surface area contributed by atoms with Crippen molar-refractivity contribution >= 4 is 15.9 Å². The minimum atomic E-state index is -3.88. The predicted molar refractivity (Wildman–Crippen MR) is 77.4 cm³/mol. The Bertz CT molecular complexity index is 659. The molecular weight excluding hydrogens is 332 g/mol. The van der Waals surface area contributed by atoms with Crippen LogP contribution in [0.4, 0.5) is 8.78 Å². The number of halogens is 2. The maximum Gasteiger partial charge on any atom is 0.271 e. The monoisotopic (exact) mass is 349 g/mol. The van der Waals surface area contributed by atoms with Crippen molar-refractivity contribution < 1.29 is 31.5 Å². The molecule has 1 amide bonds. The Morgan fingerprint density at radius 2 is 2.13 bits per heavy atom. The second-order valence-corrected chi connectivity index (χ2v) is 6.93. The van der Waals surface area contributed by atoms with Gasteiger partial charge in [-0.05, 0) is 31.4 Å². The lowest BCUT2D eigenvalue weighted by Gasteiger charge is -2.22. The van der Waals surface area contributed by atoms with Crippen LogP contribution in [-0.2, 0) is 19.6 Å². The lowest BCUT2D eigenvalue weighted by Crippen LogP contribution is -2.40. The first-order chi connectivity index (χ1) is 10.9. The molecule has 1 heterocycles. The van der Waals surface area contributed by atoms with Gasteiger partial charge in [-0.2, -0.15) is 0 Å². The fourth-order valence-corrected chi connectivity index (χ4v) is 3.40. The van der Waals surface area contributed by atoms with Gasteiger partial charge in [0.05, 0.1) is 11.9 Å². The van der Waals surface area contributed by atoms with Crippen LogP contribution in [-0.4, -0.2) is 39.4 Å². The molecule has 0 aliphatic carbocycles. The number of hydrogen-bond acceptors (Lipinski definition) is 5. The molecule has 1 N–H and O–H groups in total. The van der Waals surface area contributed by atoms with Gasteiger partial charge in [-0.1, -0.05) is 0 Å². The quantitative estimate of drug-likeness (QED) is 0.839. The number of carbonyl (C=O) groups excluding carboxylic acids is 1. The third-order valence-electron chi connectivity index (χ3n) is 3.20. The van der Waals surface area contributed by atoms with E-state index in [0.717, 1.165) is 31.0 Å². The number of rotatable bonds is 6. The van der Waals surface area contributed by atoms with Crippen molar-refractivity contribution in [2.24, 2.45) is 0 Å². The van der Waals surface area contributed by atoms with Crippen molar-refractivity contribution in [1.82, 2.24) is 4.72 Å². The average molecular weight is 349 g/mol. The SMILES string of the molecule is O=C(COc1cc(F)ccc1F)NS(=O)(=O)C[C@@H]1CCCCO1. The van der Waals surface area contributed by atoms with Gasteiger partial charge in [-0.15, -0.1) is 0 Å². The van der Waals surface area contributed by atoms with Crippen molar-refractivity contribution in [3.63, 3.8) is 0 Å². The Hall–Kier alpha value is -1.74. The summed E-state index contributed by atoms with van der Waals surface area (Å²) in [7, 11) is -3.88. The molecule has 1 aromatic rings. The minimum Gasteiger partial charge on any atom is -0.481 e. The van der Waals surface area contributed by atoms with Gasteiger partial charge in [0, 0.05) is 12.7 Å². The number of amides is 1. The third-order valence-corrected chi connectivity index (χ3v) is 4.55. The van der Waals surface area contributed by atoms with E-state index < -0.39 is 46.0 Å². The van der Waals surface area contributed by atoms with Crippen LogP contribution < -0.4 is 9.46 Å². The number of ether oxygens (including phenoxy) is 2. The summed E-state index contributed by atoms with van der Waals surface area (Å²) in [4.78, 5) is 11.6. The zero-order chi connectivity index (χ0) is 16.9. The highest BCUT2D eigenvalue weighted by Crippen LogP contribution is 2.18. The third kappa shape index (κ3) is 5.76. The average Bonchev–Trinajstić information content (AvgIpc) is 2.48. The van der Waals surface area contributed by atoms with Crippen LogP contribution >= 0.6 is 0 Å². The molecule has 6 nitrogen and oxygen atoms in total. The van der Waals surface area contributed by atoms with E-state index in [9.17, 15) is 22.0 Å². The van der Waals surface area contributed by atoms with Gasteiger partial charge in [0.1, 0.15) is 5.82 Å². The fraction of sp³-hybridized carbons (Fsp3) is 0.500. The summed E-state index contributed by atoms with van der Waals surface area (Å²) in [6.07, 6.45) is 1.92. The molecule has 0 saturated carbocycles. The van der Waals surface area contributed by atoms with Gasteiger partial charge in [0.15, 0.2) is 18.2 Å². The van der Waals surface area contributed by atoms with E-state index in [0.29, 0.717) is 13.0 Å². The molecule has 1 saturated heterocycles. The standard InChI is InChI=1S/C14H17F2NO5S/c15-10-4-5-12(16)13(7-10)22-8-14(18)17-23(19,20)9-11-3-1-2-6-21-11/h4-5,7,11H,1-3,6,8-9H2,(H,17,18)/t11-/m0/s1. The van der Waals surface area contributed by atoms with Crippen molar-refractivity contribution in [2.45, 2.75) is 25.4 Å². The highest BCUT2D eigenvalue weighted by atomic mass is 32.2. The highest BCUT2D eigenvalue weighted by Gasteiger charge is 2.23. The summed E-state index contributed by atoms with van der Waals surface area (Å²) in [6, 6.07) is 2.52. The number of hydrogen-bond donors (Lipinski definition) is 1. The van der Waals surface area contributed by atoms with Crippen LogP contribution in [0.15, 0.2) is 18.2 Å². The Morgan fingerprint density at radius 3 is 2.83 bits per heavy atom. The van der Waals surface area contributed by atoms with Crippen LogP contribution in [0.5, 0.6) is 5.75 Å². The molecular formula is C14H17F2NO5S. The molecule has 1 fully saturated rings. The molecule has 0 spiro atoms. The summed E-state index contributed by atoms with van der Waals surface area (Å²) in [5, 5.41) is 0. The molecule has 9 heteroatoms. The molecule has 2 rings (SSSR count). The predicted octanol–water partition coefficient (Wildman–Crippen LogP) is 1.36. The van der Waals surface area contributed by atoms with Gasteiger partial charge >= 0.3 is 0 Å². The van der Waals surface area contributed by atoms with E-state index in [4.69, 9.17) is 9.47 Å². The molecule has 0 radical (unpaired) electrons. The van der Waals surface area contributed by atoms with Gasteiger partial charge in [0.25, 0.3) is 5.91 Å². The molecule has 0 unspecified atom stereocenters. The van der Waals surface area contributed by atoms with Crippen molar-refractivity contribution in [2.75, 3.05) is 19.0 Å². The van der Waals surface area contributed by atoms with Crippen LogP contribution in [0, 0.1) is 11.6 Å². The lowest BCUT2D eigenvalue weighted by atomic mass is 10.1. The van der Waals surface area contributed by atoms with Crippen LogP contribution in [0.25, 0.3) is 0 Å². The van der Waals surface area contributed by atoms with Gasteiger partial charge in [0.2, 0.25) is 10.0 Å². The van der Waals surface area contributed by atoms with Crippen LogP contribution in [0.2, 0.25) is 0 Å². The molecule has 1 atom stereocenters. The van der Waals surface area contributed by atoms with E-state index in [-0.39, 0.29) is 5.75 Å². The van der Waals surface area contributed by atoms with Crippen LogP contribution in [0.3, 0.4) is 0 Å². The lowest BCUT2D eigenvalue weighted by molar-refractivity contribution is -0.121. The van der Waals surface area contributed by atoms with Gasteiger partial charge in [-0.3, -0.25) is 9.52 Å². The van der Waals surface area contributed by atoms with Gasteiger partial charge < -0.3 is 9.47 Å². The van der Waals surface area contributed by atoms with Crippen LogP contribution in [0.1, 0.15) is 19.3 Å². The van der Waals surface area contributed by atoms with E-state index in [1.54, 1.807) is 0 Å². The molecule has 1 aromatic carbocycles. The molecule has 23 heavy (non-hydrogen) atoms. The second-order valence-electron chi connectivity index (χ2n) is 5.16. The van der Waals surface area contributed by atoms with Crippen molar-refractivity contribution in [3.05, 3.63) is 29.8 Å². The first-order valence-corrected chi connectivity index (χ1v) is 8.74. The number of carbonyl (C=O) groups is 1. The molecule has 1 aliphatic rings. The number of benzene rings is 1. The summed E-state index contributed by atoms with van der Waals surface area (Å²) >= 11 is 0. The van der Waals surface area contributed by atoms with Gasteiger partial charge in [-0.25, -0.2) is 17.2 Å².